The number of nitrogens with zero attached hydrogens (tertiary/aromatic N) is 1. The molecule has 0 saturated heterocycles. The zero-order valence-electron chi connectivity index (χ0n) is 25.2. The van der Waals surface area contributed by atoms with Crippen molar-refractivity contribution < 1.29 is 23.1 Å². The highest BCUT2D eigenvalue weighted by molar-refractivity contribution is 7.98. The van der Waals surface area contributed by atoms with Gasteiger partial charge >= 0.3 is 5.97 Å². The number of ether oxygens (including phenoxy) is 1. The molecule has 226 valence electrons. The topological polar surface area (TPSA) is 58.6 Å². The lowest BCUT2D eigenvalue weighted by Gasteiger charge is -2.24. The van der Waals surface area contributed by atoms with E-state index < -0.39 is 23.6 Å². The van der Waals surface area contributed by atoms with E-state index in [2.05, 4.69) is 24.1 Å². The third-order valence-corrected chi connectivity index (χ3v) is 7.95. The van der Waals surface area contributed by atoms with Crippen LogP contribution in [-0.4, -0.2) is 55.0 Å². The molecule has 0 radical (unpaired) electrons. The number of esters is 1. The van der Waals surface area contributed by atoms with Gasteiger partial charge in [-0.1, -0.05) is 50.2 Å². The number of carbonyl (C=O) groups excluding carboxylic acids is 2. The van der Waals surface area contributed by atoms with Gasteiger partial charge in [-0.05, 0) is 96.7 Å². The standard InChI is InChI=1S/C34H42F2N2O3S/c1-23(2)14-17-38(18-15-26-11-12-27(35)21-31(26)36)22-25-10-13-29(30(20-25)28-9-7-6-8-24(28)3)33(39)37-32(16-19-42-5)34(40)41-4/h6-13,20-21,23,32H,14-19,22H2,1-5H3,(H,37,39). The quantitative estimate of drug-likeness (QED) is 0.191. The van der Waals surface area contributed by atoms with Gasteiger partial charge in [0.2, 0.25) is 0 Å². The number of amides is 1. The summed E-state index contributed by atoms with van der Waals surface area (Å²) in [5, 5.41) is 2.89. The Morgan fingerprint density at radius 1 is 0.976 bits per heavy atom. The van der Waals surface area contributed by atoms with Crippen LogP contribution in [0.3, 0.4) is 0 Å². The number of benzene rings is 3. The molecule has 0 aromatic heterocycles. The molecule has 0 fully saturated rings. The van der Waals surface area contributed by atoms with E-state index in [1.54, 1.807) is 11.8 Å². The maximum atomic E-state index is 14.3. The van der Waals surface area contributed by atoms with Gasteiger partial charge in [-0.25, -0.2) is 13.6 Å². The molecule has 0 spiro atoms. The molecule has 0 heterocycles. The van der Waals surface area contributed by atoms with Gasteiger partial charge in [0.1, 0.15) is 17.7 Å². The van der Waals surface area contributed by atoms with E-state index in [0.717, 1.165) is 41.3 Å². The summed E-state index contributed by atoms with van der Waals surface area (Å²) in [6.45, 7) is 8.37. The van der Waals surface area contributed by atoms with Crippen LogP contribution in [-0.2, 0) is 22.5 Å². The Hall–Kier alpha value is -3.23. The van der Waals surface area contributed by atoms with Gasteiger partial charge in [-0.15, -0.1) is 0 Å². The Labute approximate surface area is 253 Å². The van der Waals surface area contributed by atoms with Crippen LogP contribution >= 0.6 is 11.8 Å². The molecule has 0 aliphatic carbocycles. The predicted octanol–water partition coefficient (Wildman–Crippen LogP) is 7.06. The predicted molar refractivity (Wildman–Crippen MR) is 168 cm³/mol. The average Bonchev–Trinajstić information content (AvgIpc) is 2.97. The lowest BCUT2D eigenvalue weighted by Crippen LogP contribution is -2.42. The zero-order chi connectivity index (χ0) is 30.6. The van der Waals surface area contributed by atoms with E-state index in [1.165, 1.54) is 19.2 Å². The lowest BCUT2D eigenvalue weighted by atomic mass is 9.93. The molecule has 5 nitrogen and oxygen atoms in total. The van der Waals surface area contributed by atoms with Gasteiger partial charge in [0.05, 0.1) is 7.11 Å². The van der Waals surface area contributed by atoms with Crippen LogP contribution in [0.5, 0.6) is 0 Å². The van der Waals surface area contributed by atoms with Crippen molar-refractivity contribution in [1.82, 2.24) is 10.2 Å². The molecule has 42 heavy (non-hydrogen) atoms. The minimum absolute atomic E-state index is 0.334. The Morgan fingerprint density at radius 3 is 2.40 bits per heavy atom. The molecule has 0 bridgehead atoms. The van der Waals surface area contributed by atoms with E-state index in [9.17, 15) is 18.4 Å². The molecule has 1 atom stereocenters. The summed E-state index contributed by atoms with van der Waals surface area (Å²) >= 11 is 1.60. The first-order chi connectivity index (χ1) is 20.1. The number of thioether (sulfide) groups is 1. The normalized spacial score (nSPS) is 12.0. The van der Waals surface area contributed by atoms with Gasteiger partial charge in [0.25, 0.3) is 5.91 Å². The van der Waals surface area contributed by atoms with Crippen molar-refractivity contribution >= 4 is 23.6 Å². The van der Waals surface area contributed by atoms with Crippen LogP contribution in [0.15, 0.2) is 60.7 Å². The minimum Gasteiger partial charge on any atom is -0.467 e. The third-order valence-electron chi connectivity index (χ3n) is 7.31. The van der Waals surface area contributed by atoms with Crippen molar-refractivity contribution in [3.63, 3.8) is 0 Å². The molecule has 3 aromatic rings. The van der Waals surface area contributed by atoms with Crippen molar-refractivity contribution in [3.8, 4) is 11.1 Å². The number of hydrogen-bond donors (Lipinski definition) is 1. The summed E-state index contributed by atoms with van der Waals surface area (Å²) in [5.74, 6) is -0.707. The monoisotopic (exact) mass is 596 g/mol. The third kappa shape index (κ3) is 9.66. The van der Waals surface area contributed by atoms with Gasteiger partial charge in [0.15, 0.2) is 0 Å². The van der Waals surface area contributed by atoms with Crippen LogP contribution in [0.2, 0.25) is 0 Å². The number of hydrogen-bond acceptors (Lipinski definition) is 5. The molecule has 1 N–H and O–H groups in total. The number of methoxy groups -OCH3 is 1. The van der Waals surface area contributed by atoms with E-state index in [1.807, 2.05) is 55.6 Å². The minimum atomic E-state index is -0.738. The number of aryl methyl sites for hydroxylation is 1. The summed E-state index contributed by atoms with van der Waals surface area (Å²) in [6, 6.07) is 16.7. The number of rotatable bonds is 15. The summed E-state index contributed by atoms with van der Waals surface area (Å²) in [7, 11) is 1.32. The fourth-order valence-electron chi connectivity index (χ4n) is 4.82. The first-order valence-electron chi connectivity index (χ1n) is 14.4. The summed E-state index contributed by atoms with van der Waals surface area (Å²) in [5.41, 5.74) is 4.72. The second-order valence-electron chi connectivity index (χ2n) is 11.0. The Morgan fingerprint density at radius 2 is 1.74 bits per heavy atom. The largest absolute Gasteiger partial charge is 0.467 e. The molecule has 3 rings (SSSR count). The highest BCUT2D eigenvalue weighted by Gasteiger charge is 2.24. The second-order valence-corrected chi connectivity index (χ2v) is 12.0. The van der Waals surface area contributed by atoms with Crippen molar-refractivity contribution in [1.29, 1.82) is 0 Å². The SMILES string of the molecule is COC(=O)C(CCSC)NC(=O)c1ccc(CN(CCc2ccc(F)cc2F)CCC(C)C)cc1-c1ccccc1C. The molecular formula is C34H42F2N2O3S. The van der Waals surface area contributed by atoms with Crippen LogP contribution in [0, 0.1) is 24.5 Å². The smallest absolute Gasteiger partial charge is 0.328 e. The number of halogens is 2. The van der Waals surface area contributed by atoms with Gasteiger partial charge in [-0.3, -0.25) is 9.69 Å². The van der Waals surface area contributed by atoms with Crippen LogP contribution in [0.4, 0.5) is 8.78 Å². The van der Waals surface area contributed by atoms with Crippen LogP contribution in [0.1, 0.15) is 53.7 Å². The number of carbonyl (C=O) groups is 2. The Balaban J connectivity index is 1.92. The molecule has 1 unspecified atom stereocenters. The molecule has 0 saturated carbocycles. The number of nitrogens with one attached hydrogen (secondary N) is 1. The fraction of sp³-hybridized carbons (Fsp3) is 0.412. The highest BCUT2D eigenvalue weighted by atomic mass is 32.2. The van der Waals surface area contributed by atoms with Crippen LogP contribution in [0.25, 0.3) is 11.1 Å². The maximum absolute atomic E-state index is 14.3. The fourth-order valence-corrected chi connectivity index (χ4v) is 5.29. The van der Waals surface area contributed by atoms with E-state index in [4.69, 9.17) is 4.74 Å². The molecule has 0 aliphatic heterocycles. The van der Waals surface area contributed by atoms with Crippen molar-refractivity contribution in [2.75, 3.05) is 32.2 Å². The molecule has 3 aromatic carbocycles. The lowest BCUT2D eigenvalue weighted by molar-refractivity contribution is -0.142. The Bertz CT molecular complexity index is 1350. The summed E-state index contributed by atoms with van der Waals surface area (Å²) in [4.78, 5) is 28.2. The first-order valence-corrected chi connectivity index (χ1v) is 15.7. The van der Waals surface area contributed by atoms with E-state index in [-0.39, 0.29) is 5.91 Å². The van der Waals surface area contributed by atoms with Crippen molar-refractivity contribution in [2.24, 2.45) is 5.92 Å². The van der Waals surface area contributed by atoms with Crippen molar-refractivity contribution in [3.05, 3.63) is 94.6 Å². The van der Waals surface area contributed by atoms with Crippen molar-refractivity contribution in [2.45, 2.75) is 52.6 Å². The van der Waals surface area contributed by atoms with E-state index >= 15 is 0 Å². The second kappa shape index (κ2) is 16.4. The van der Waals surface area contributed by atoms with E-state index in [0.29, 0.717) is 48.7 Å². The average molecular weight is 597 g/mol. The summed E-state index contributed by atoms with van der Waals surface area (Å²) < 4.78 is 32.7. The molecule has 0 aliphatic rings. The molecule has 1 amide bonds. The van der Waals surface area contributed by atoms with Gasteiger partial charge in [-0.2, -0.15) is 11.8 Å². The summed E-state index contributed by atoms with van der Waals surface area (Å²) in [6.07, 6.45) is 3.85. The van der Waals surface area contributed by atoms with Gasteiger partial charge in [0, 0.05) is 24.7 Å². The highest BCUT2D eigenvalue weighted by Crippen LogP contribution is 2.29. The first kappa shape index (κ1) is 33.3. The Kier molecular flexibility index (Phi) is 13.0. The van der Waals surface area contributed by atoms with Crippen LogP contribution < -0.4 is 5.32 Å². The maximum Gasteiger partial charge on any atom is 0.328 e. The zero-order valence-corrected chi connectivity index (χ0v) is 26.0. The van der Waals surface area contributed by atoms with Gasteiger partial charge < -0.3 is 10.1 Å². The molecular weight excluding hydrogens is 554 g/mol. The molecule has 8 heteroatoms.